The third-order valence-corrected chi connectivity index (χ3v) is 8.50. The number of amides is 2. The lowest BCUT2D eigenvalue weighted by molar-refractivity contribution is -0.0166. The Morgan fingerprint density at radius 1 is 0.893 bits per heavy atom. The zero-order valence-electron chi connectivity index (χ0n) is 17.3. The molecule has 0 aromatic heterocycles. The van der Waals surface area contributed by atoms with E-state index in [0.717, 1.165) is 76.4 Å². The summed E-state index contributed by atoms with van der Waals surface area (Å²) >= 11 is 0. The molecule has 0 aromatic carbocycles. The quantitative estimate of drug-likeness (QED) is 0.768. The minimum Gasteiger partial charge on any atom is -0.395 e. The van der Waals surface area contributed by atoms with Gasteiger partial charge in [0.1, 0.15) is 0 Å². The Balaban J connectivity index is 1.10. The number of piperazine rings is 1. The number of aliphatic hydroxyl groups is 1. The summed E-state index contributed by atoms with van der Waals surface area (Å²) in [6.45, 7) is 7.20. The molecule has 6 heteroatoms. The van der Waals surface area contributed by atoms with E-state index in [1.54, 1.807) is 0 Å². The van der Waals surface area contributed by atoms with E-state index in [9.17, 15) is 4.79 Å². The van der Waals surface area contributed by atoms with Gasteiger partial charge in [0.15, 0.2) is 0 Å². The number of hydrogen-bond acceptors (Lipinski definition) is 4. The normalized spacial score (nSPS) is 39.5. The van der Waals surface area contributed by atoms with Crippen LogP contribution in [0.5, 0.6) is 0 Å². The van der Waals surface area contributed by atoms with Crippen LogP contribution in [0.15, 0.2) is 0 Å². The smallest absolute Gasteiger partial charge is 0.317 e. The first-order valence-corrected chi connectivity index (χ1v) is 11.8. The second kappa shape index (κ2) is 7.77. The molecule has 2 aliphatic heterocycles. The largest absolute Gasteiger partial charge is 0.395 e. The molecule has 6 aliphatic rings. The van der Waals surface area contributed by atoms with Gasteiger partial charge in [0, 0.05) is 57.4 Å². The molecular weight excluding hydrogens is 352 g/mol. The van der Waals surface area contributed by atoms with Crippen LogP contribution >= 0.6 is 0 Å². The van der Waals surface area contributed by atoms with Gasteiger partial charge in [-0.25, -0.2) is 4.79 Å². The van der Waals surface area contributed by atoms with E-state index >= 15 is 0 Å². The third-order valence-electron chi connectivity index (χ3n) is 8.50. The number of piperidine rings is 1. The van der Waals surface area contributed by atoms with Crippen molar-refractivity contribution in [3.05, 3.63) is 0 Å². The van der Waals surface area contributed by atoms with Gasteiger partial charge in [-0.05, 0) is 69.1 Å². The van der Waals surface area contributed by atoms with Gasteiger partial charge in [-0.3, -0.25) is 9.80 Å². The third kappa shape index (κ3) is 3.80. The van der Waals surface area contributed by atoms with Crippen molar-refractivity contribution in [3.8, 4) is 0 Å². The molecule has 0 spiro atoms. The topological polar surface area (TPSA) is 59.1 Å². The number of nitrogens with zero attached hydrogens (tertiary/aromatic N) is 3. The van der Waals surface area contributed by atoms with Crippen LogP contribution in [0.1, 0.15) is 51.4 Å². The fourth-order valence-corrected chi connectivity index (χ4v) is 7.50. The lowest BCUT2D eigenvalue weighted by atomic mass is 9.53. The van der Waals surface area contributed by atoms with Crippen molar-refractivity contribution in [1.29, 1.82) is 0 Å². The number of β-amino-alcohol motifs (C(OH)–C–C–N with tert-alkyl or cyclic N) is 1. The van der Waals surface area contributed by atoms with Gasteiger partial charge < -0.3 is 15.3 Å². The van der Waals surface area contributed by atoms with Crippen LogP contribution in [0.2, 0.25) is 0 Å². The van der Waals surface area contributed by atoms with Gasteiger partial charge >= 0.3 is 6.03 Å². The van der Waals surface area contributed by atoms with Crippen molar-refractivity contribution in [2.24, 2.45) is 17.8 Å². The van der Waals surface area contributed by atoms with Crippen molar-refractivity contribution in [2.45, 2.75) is 62.9 Å². The summed E-state index contributed by atoms with van der Waals surface area (Å²) < 4.78 is 0. The molecular formula is C22H38N4O2. The van der Waals surface area contributed by atoms with Crippen molar-refractivity contribution >= 4 is 6.03 Å². The Kier molecular flexibility index (Phi) is 5.31. The summed E-state index contributed by atoms with van der Waals surface area (Å²) in [4.78, 5) is 20.1. The maximum Gasteiger partial charge on any atom is 0.317 e. The number of carbonyl (C=O) groups is 1. The summed E-state index contributed by atoms with van der Waals surface area (Å²) in [7, 11) is 0. The summed E-state index contributed by atoms with van der Waals surface area (Å²) in [5, 5.41) is 12.7. The molecule has 0 radical (unpaired) electrons. The Labute approximate surface area is 169 Å². The van der Waals surface area contributed by atoms with Crippen LogP contribution in [-0.2, 0) is 0 Å². The molecule has 2 saturated heterocycles. The van der Waals surface area contributed by atoms with E-state index in [1.807, 2.05) is 0 Å². The second-order valence-corrected chi connectivity index (χ2v) is 10.4. The maximum absolute atomic E-state index is 13.1. The molecule has 4 aliphatic carbocycles. The molecule has 158 valence electrons. The number of nitrogens with one attached hydrogen (secondary N) is 1. The van der Waals surface area contributed by atoms with E-state index in [0.29, 0.717) is 6.04 Å². The first-order chi connectivity index (χ1) is 13.6. The van der Waals surface area contributed by atoms with Crippen LogP contribution in [0.25, 0.3) is 0 Å². The molecule has 4 bridgehead atoms. The first-order valence-electron chi connectivity index (χ1n) is 11.8. The lowest BCUT2D eigenvalue weighted by Gasteiger charge is -2.57. The minimum absolute atomic E-state index is 0.131. The summed E-state index contributed by atoms with van der Waals surface area (Å²) in [5.41, 5.74) is 0.131. The molecule has 6 fully saturated rings. The van der Waals surface area contributed by atoms with Gasteiger partial charge in [-0.15, -0.1) is 0 Å². The van der Waals surface area contributed by atoms with E-state index in [1.165, 1.54) is 38.5 Å². The minimum atomic E-state index is 0.131. The van der Waals surface area contributed by atoms with Crippen LogP contribution in [-0.4, -0.2) is 89.8 Å². The van der Waals surface area contributed by atoms with Crippen LogP contribution in [0.4, 0.5) is 4.79 Å². The molecule has 6 rings (SSSR count). The average Bonchev–Trinajstić information content (AvgIpc) is 2.67. The Hall–Kier alpha value is -0.850. The fraction of sp³-hybridized carbons (Fsp3) is 0.955. The monoisotopic (exact) mass is 390 g/mol. The molecule has 2 heterocycles. The van der Waals surface area contributed by atoms with Crippen LogP contribution in [0, 0.1) is 17.8 Å². The number of rotatable bonds is 4. The first kappa shape index (κ1) is 19.1. The average molecular weight is 391 g/mol. The Morgan fingerprint density at radius 2 is 1.46 bits per heavy atom. The van der Waals surface area contributed by atoms with E-state index in [2.05, 4.69) is 20.0 Å². The van der Waals surface area contributed by atoms with E-state index in [-0.39, 0.29) is 18.2 Å². The van der Waals surface area contributed by atoms with Crippen molar-refractivity contribution < 1.29 is 9.90 Å². The van der Waals surface area contributed by atoms with E-state index < -0.39 is 0 Å². The van der Waals surface area contributed by atoms with Crippen molar-refractivity contribution in [1.82, 2.24) is 20.0 Å². The lowest BCUT2D eigenvalue weighted by Crippen LogP contribution is -2.62. The Morgan fingerprint density at radius 3 is 2.00 bits per heavy atom. The molecule has 2 N–H and O–H groups in total. The molecule has 2 amide bonds. The van der Waals surface area contributed by atoms with Crippen LogP contribution < -0.4 is 5.32 Å². The number of hydrogen-bond donors (Lipinski definition) is 2. The highest BCUT2D eigenvalue weighted by Gasteiger charge is 2.51. The standard InChI is InChI=1S/C22H38N4O2/c27-10-9-24-5-7-25(8-6-24)20-1-3-26(4-2-20)21(28)23-22-14-17-11-18(15-22)13-19(12-17)16-22/h17-20,27H,1-16H2,(H,23,28). The number of carbonyl (C=O) groups excluding carboxylic acids is 1. The summed E-state index contributed by atoms with van der Waals surface area (Å²) in [6, 6.07) is 0.841. The van der Waals surface area contributed by atoms with E-state index in [4.69, 9.17) is 5.11 Å². The number of aliphatic hydroxyl groups excluding tert-OH is 1. The van der Waals surface area contributed by atoms with Gasteiger partial charge in [-0.2, -0.15) is 0 Å². The predicted octanol–water partition coefficient (Wildman–Crippen LogP) is 1.74. The van der Waals surface area contributed by atoms with Crippen molar-refractivity contribution in [3.63, 3.8) is 0 Å². The highest BCUT2D eigenvalue weighted by atomic mass is 16.3. The maximum atomic E-state index is 13.1. The van der Waals surface area contributed by atoms with Crippen molar-refractivity contribution in [2.75, 3.05) is 52.4 Å². The molecule has 4 saturated carbocycles. The zero-order valence-corrected chi connectivity index (χ0v) is 17.3. The van der Waals surface area contributed by atoms with Gasteiger partial charge in [-0.1, -0.05) is 0 Å². The summed E-state index contributed by atoms with van der Waals surface area (Å²) in [6.07, 6.45) is 10.2. The molecule has 6 nitrogen and oxygen atoms in total. The fourth-order valence-electron chi connectivity index (χ4n) is 7.50. The molecule has 0 unspecified atom stereocenters. The molecule has 0 aromatic rings. The number of urea groups is 1. The Bertz CT molecular complexity index is 532. The zero-order chi connectivity index (χ0) is 19.1. The molecule has 28 heavy (non-hydrogen) atoms. The van der Waals surface area contributed by atoms with Crippen LogP contribution in [0.3, 0.4) is 0 Å². The van der Waals surface area contributed by atoms with Gasteiger partial charge in [0.05, 0.1) is 6.61 Å². The summed E-state index contributed by atoms with van der Waals surface area (Å²) in [5.74, 6) is 2.63. The molecule has 0 atom stereocenters. The number of likely N-dealkylation sites (tertiary alicyclic amines) is 1. The second-order valence-electron chi connectivity index (χ2n) is 10.4. The van der Waals surface area contributed by atoms with Gasteiger partial charge in [0.2, 0.25) is 0 Å². The predicted molar refractivity (Wildman–Crippen MR) is 109 cm³/mol. The highest BCUT2D eigenvalue weighted by molar-refractivity contribution is 5.75. The highest BCUT2D eigenvalue weighted by Crippen LogP contribution is 2.55. The SMILES string of the molecule is O=C(NC12CC3CC(CC(C3)C1)C2)N1CCC(N2CCN(CCO)CC2)CC1. The van der Waals surface area contributed by atoms with Gasteiger partial charge in [0.25, 0.3) is 0 Å².